The van der Waals surface area contributed by atoms with E-state index in [-0.39, 0.29) is 5.91 Å². The van der Waals surface area contributed by atoms with Gasteiger partial charge >= 0.3 is 0 Å². The Balaban J connectivity index is 3.96. The molecule has 0 saturated carbocycles. The lowest BCUT2D eigenvalue weighted by atomic mass is 10.1. The molecule has 1 N–H and O–H groups in total. The highest BCUT2D eigenvalue weighted by Crippen LogP contribution is 1.99. The summed E-state index contributed by atoms with van der Waals surface area (Å²) in [5.41, 5.74) is -0.432. The van der Waals surface area contributed by atoms with Crippen molar-refractivity contribution >= 4 is 17.5 Å². The lowest BCUT2D eigenvalue weighted by Gasteiger charge is -2.18. The number of carbonyl (C=O) groups is 1. The first-order chi connectivity index (χ1) is 5.98. The van der Waals surface area contributed by atoms with Crippen molar-refractivity contribution in [2.45, 2.75) is 39.2 Å². The lowest BCUT2D eigenvalue weighted by molar-refractivity contribution is -0.119. The van der Waals surface area contributed by atoms with E-state index in [0.29, 0.717) is 5.88 Å². The Morgan fingerprint density at radius 2 is 2.15 bits per heavy atom. The van der Waals surface area contributed by atoms with Gasteiger partial charge in [-0.2, -0.15) is 0 Å². The molecular formula is C10H16ClNO. The van der Waals surface area contributed by atoms with E-state index in [9.17, 15) is 4.79 Å². The van der Waals surface area contributed by atoms with E-state index in [0.717, 1.165) is 12.8 Å². The van der Waals surface area contributed by atoms with Crippen molar-refractivity contribution in [3.8, 4) is 11.8 Å². The van der Waals surface area contributed by atoms with Crippen LogP contribution in [-0.4, -0.2) is 17.3 Å². The smallest absolute Gasteiger partial charge is 0.218 e. The molecule has 0 aromatic carbocycles. The van der Waals surface area contributed by atoms with Crippen molar-refractivity contribution in [3.63, 3.8) is 0 Å². The predicted molar refractivity (Wildman–Crippen MR) is 55.6 cm³/mol. The molecule has 0 radical (unpaired) electrons. The first kappa shape index (κ1) is 12.3. The van der Waals surface area contributed by atoms with Crippen LogP contribution in [0.4, 0.5) is 0 Å². The van der Waals surface area contributed by atoms with E-state index in [1.165, 1.54) is 6.92 Å². The van der Waals surface area contributed by atoms with E-state index in [1.807, 2.05) is 13.8 Å². The van der Waals surface area contributed by atoms with Crippen molar-refractivity contribution in [2.24, 2.45) is 0 Å². The first-order valence-electron chi connectivity index (χ1n) is 4.32. The van der Waals surface area contributed by atoms with Crippen LogP contribution in [0, 0.1) is 11.8 Å². The fourth-order valence-electron chi connectivity index (χ4n) is 0.910. The molecule has 0 bridgehead atoms. The molecule has 0 aliphatic rings. The number of alkyl halides is 1. The summed E-state index contributed by atoms with van der Waals surface area (Å²) in [5, 5.41) is 2.75. The molecule has 0 aliphatic heterocycles. The maximum atomic E-state index is 10.7. The van der Waals surface area contributed by atoms with Crippen LogP contribution in [0.25, 0.3) is 0 Å². The zero-order valence-electron chi connectivity index (χ0n) is 8.41. The molecule has 0 aliphatic carbocycles. The number of hydrogen-bond acceptors (Lipinski definition) is 1. The molecule has 0 rings (SSSR count). The quantitative estimate of drug-likeness (QED) is 0.422. The summed E-state index contributed by atoms with van der Waals surface area (Å²) in [6.07, 6.45) is 1.68. The van der Waals surface area contributed by atoms with Gasteiger partial charge in [-0.05, 0) is 20.3 Å². The molecule has 0 heterocycles. The topological polar surface area (TPSA) is 29.1 Å². The van der Waals surface area contributed by atoms with Crippen molar-refractivity contribution in [2.75, 3.05) is 5.88 Å². The summed E-state index contributed by atoms with van der Waals surface area (Å²) in [5.74, 6) is 6.54. The number of hydrogen-bond donors (Lipinski definition) is 1. The summed E-state index contributed by atoms with van der Waals surface area (Å²) in [6.45, 7) is 5.24. The predicted octanol–water partition coefficient (Wildman–Crippen LogP) is 1.92. The van der Waals surface area contributed by atoms with E-state index in [1.54, 1.807) is 0 Å². The molecule has 0 spiro atoms. The SMILES string of the molecule is CC(=O)NC(C)(C)C#CCCCCl. The average molecular weight is 202 g/mol. The van der Waals surface area contributed by atoms with E-state index in [2.05, 4.69) is 17.2 Å². The van der Waals surface area contributed by atoms with Crippen LogP contribution in [0.15, 0.2) is 0 Å². The van der Waals surface area contributed by atoms with Gasteiger partial charge in [0.05, 0.1) is 5.54 Å². The minimum absolute atomic E-state index is 0.0587. The highest BCUT2D eigenvalue weighted by atomic mass is 35.5. The standard InChI is InChI=1S/C10H16ClNO/c1-9(13)12-10(2,3)7-5-4-6-8-11/h4,6,8H2,1-3H3,(H,12,13). The van der Waals surface area contributed by atoms with Gasteiger partial charge in [0.2, 0.25) is 5.91 Å². The number of amides is 1. The summed E-state index contributed by atoms with van der Waals surface area (Å²) < 4.78 is 0. The molecular weight excluding hydrogens is 186 g/mol. The van der Waals surface area contributed by atoms with Gasteiger partial charge in [-0.3, -0.25) is 4.79 Å². The van der Waals surface area contributed by atoms with Gasteiger partial charge in [0.15, 0.2) is 0 Å². The van der Waals surface area contributed by atoms with Gasteiger partial charge in [0.1, 0.15) is 0 Å². The van der Waals surface area contributed by atoms with E-state index < -0.39 is 5.54 Å². The summed E-state index contributed by atoms with van der Waals surface area (Å²) in [7, 11) is 0. The van der Waals surface area contributed by atoms with Crippen molar-refractivity contribution in [3.05, 3.63) is 0 Å². The van der Waals surface area contributed by atoms with Crippen LogP contribution in [0.5, 0.6) is 0 Å². The molecule has 13 heavy (non-hydrogen) atoms. The third kappa shape index (κ3) is 7.67. The van der Waals surface area contributed by atoms with Gasteiger partial charge in [0, 0.05) is 19.2 Å². The molecule has 0 fully saturated rings. The molecule has 0 aromatic heterocycles. The second-order valence-electron chi connectivity index (χ2n) is 3.40. The molecule has 0 unspecified atom stereocenters. The van der Waals surface area contributed by atoms with Gasteiger partial charge in [-0.15, -0.1) is 17.5 Å². The fourth-order valence-corrected chi connectivity index (χ4v) is 1.04. The Kier molecular flexibility index (Phi) is 5.57. The number of nitrogens with one attached hydrogen (secondary N) is 1. The number of carbonyl (C=O) groups excluding carboxylic acids is 1. The number of rotatable bonds is 3. The van der Waals surface area contributed by atoms with Gasteiger partial charge in [-0.25, -0.2) is 0 Å². The van der Waals surface area contributed by atoms with Crippen LogP contribution in [0.3, 0.4) is 0 Å². The number of unbranched alkanes of at least 4 members (excludes halogenated alkanes) is 1. The molecule has 0 atom stereocenters. The zero-order chi connectivity index (χ0) is 10.3. The largest absolute Gasteiger partial charge is 0.341 e. The lowest BCUT2D eigenvalue weighted by Crippen LogP contribution is -2.40. The zero-order valence-corrected chi connectivity index (χ0v) is 9.16. The highest BCUT2D eigenvalue weighted by molar-refractivity contribution is 6.17. The van der Waals surface area contributed by atoms with Crippen LogP contribution < -0.4 is 5.32 Å². The van der Waals surface area contributed by atoms with Crippen molar-refractivity contribution < 1.29 is 4.79 Å². The third-order valence-corrected chi connectivity index (χ3v) is 1.59. The molecule has 74 valence electrons. The number of halogens is 1. The minimum atomic E-state index is -0.432. The molecule has 2 nitrogen and oxygen atoms in total. The summed E-state index contributed by atoms with van der Waals surface area (Å²) >= 11 is 5.50. The molecule has 3 heteroatoms. The van der Waals surface area contributed by atoms with E-state index in [4.69, 9.17) is 11.6 Å². The normalized spacial score (nSPS) is 10.2. The average Bonchev–Trinajstić information content (AvgIpc) is 1.95. The van der Waals surface area contributed by atoms with Crippen LogP contribution >= 0.6 is 11.6 Å². The third-order valence-electron chi connectivity index (χ3n) is 1.32. The second kappa shape index (κ2) is 5.88. The van der Waals surface area contributed by atoms with Crippen molar-refractivity contribution in [1.82, 2.24) is 5.32 Å². The molecule has 1 amide bonds. The fraction of sp³-hybridized carbons (Fsp3) is 0.700. The van der Waals surface area contributed by atoms with Crippen LogP contribution in [-0.2, 0) is 4.79 Å². The molecule has 0 aromatic rings. The maximum absolute atomic E-state index is 10.7. The first-order valence-corrected chi connectivity index (χ1v) is 4.86. The van der Waals surface area contributed by atoms with Gasteiger partial charge in [0.25, 0.3) is 0 Å². The highest BCUT2D eigenvalue weighted by Gasteiger charge is 2.13. The Bertz CT molecular complexity index is 225. The van der Waals surface area contributed by atoms with E-state index >= 15 is 0 Å². The summed E-state index contributed by atoms with van der Waals surface area (Å²) in [4.78, 5) is 10.7. The molecule has 0 saturated heterocycles. The Morgan fingerprint density at radius 1 is 1.54 bits per heavy atom. The monoisotopic (exact) mass is 201 g/mol. The second-order valence-corrected chi connectivity index (χ2v) is 3.78. The Labute approximate surface area is 85.0 Å². The van der Waals surface area contributed by atoms with Crippen LogP contribution in [0.2, 0.25) is 0 Å². The van der Waals surface area contributed by atoms with Crippen LogP contribution in [0.1, 0.15) is 33.6 Å². The maximum Gasteiger partial charge on any atom is 0.218 e. The Morgan fingerprint density at radius 3 is 2.62 bits per heavy atom. The minimum Gasteiger partial charge on any atom is -0.341 e. The Hall–Kier alpha value is -0.680. The van der Waals surface area contributed by atoms with Crippen molar-refractivity contribution in [1.29, 1.82) is 0 Å². The van der Waals surface area contributed by atoms with Gasteiger partial charge in [-0.1, -0.05) is 5.92 Å². The van der Waals surface area contributed by atoms with Gasteiger partial charge < -0.3 is 5.32 Å². The summed E-state index contributed by atoms with van der Waals surface area (Å²) in [6, 6.07) is 0.